The molecule has 0 heterocycles. The van der Waals surface area contributed by atoms with Crippen LogP contribution in [0.1, 0.15) is 45.4 Å². The van der Waals surface area contributed by atoms with Gasteiger partial charge in [0.1, 0.15) is 0 Å². The number of sulfonamides is 1. The number of unbranched alkanes of at least 4 members (excludes halogenated alkanes) is 2. The van der Waals surface area contributed by atoms with Gasteiger partial charge in [-0.25, -0.2) is 13.1 Å². The maximum atomic E-state index is 11.7. The number of rotatable bonds is 7. The molecule has 1 fully saturated rings. The summed E-state index contributed by atoms with van der Waals surface area (Å²) in [5.41, 5.74) is 0. The molecular weight excluding hydrogens is 242 g/mol. The van der Waals surface area contributed by atoms with Gasteiger partial charge in [-0.3, -0.25) is 0 Å². The fourth-order valence-electron chi connectivity index (χ4n) is 2.12. The van der Waals surface area contributed by atoms with E-state index in [0.717, 1.165) is 38.5 Å². The van der Waals surface area contributed by atoms with E-state index in [2.05, 4.69) is 17.9 Å². The van der Waals surface area contributed by atoms with E-state index in [1.165, 1.54) is 0 Å². The lowest BCUT2D eigenvalue weighted by atomic mass is 10.3. The third-order valence-corrected chi connectivity index (χ3v) is 5.69. The molecule has 0 aliphatic heterocycles. The van der Waals surface area contributed by atoms with Gasteiger partial charge in [0.25, 0.3) is 0 Å². The first-order valence-electron chi connectivity index (χ1n) is 6.10. The van der Waals surface area contributed by atoms with Gasteiger partial charge in [-0.05, 0) is 31.9 Å². The third-order valence-electron chi connectivity index (χ3n) is 3.08. The van der Waals surface area contributed by atoms with Crippen molar-refractivity contribution in [3.05, 3.63) is 0 Å². The Morgan fingerprint density at radius 3 is 2.62 bits per heavy atom. The molecule has 0 aromatic rings. The van der Waals surface area contributed by atoms with Crippen LogP contribution < -0.4 is 4.72 Å². The van der Waals surface area contributed by atoms with E-state index in [1.807, 2.05) is 11.8 Å². The van der Waals surface area contributed by atoms with Gasteiger partial charge in [-0.1, -0.05) is 19.8 Å². The predicted octanol–water partition coefficient (Wildman–Crippen LogP) is 2.38. The molecule has 0 radical (unpaired) electrons. The van der Waals surface area contributed by atoms with E-state index in [1.54, 1.807) is 0 Å². The first kappa shape index (κ1) is 14.3. The second kappa shape index (κ2) is 6.87. The molecule has 0 spiro atoms. The topological polar surface area (TPSA) is 46.2 Å². The molecular formula is C11H23NO2S2. The van der Waals surface area contributed by atoms with Crippen LogP contribution in [0, 0.1) is 0 Å². The highest BCUT2D eigenvalue weighted by Crippen LogP contribution is 2.28. The minimum atomic E-state index is -3.03. The average molecular weight is 265 g/mol. The van der Waals surface area contributed by atoms with Crippen molar-refractivity contribution in [1.82, 2.24) is 4.72 Å². The van der Waals surface area contributed by atoms with Gasteiger partial charge in [-0.2, -0.15) is 11.8 Å². The standard InChI is InChI=1S/C11H23NO2S2/c1-3-4-5-8-16(13,14)12-10-6-7-11(9-10)15-2/h10-12H,3-9H2,1-2H3/t10-,11-/m1/s1. The van der Waals surface area contributed by atoms with Gasteiger partial charge in [-0.15, -0.1) is 0 Å². The number of hydrogen-bond acceptors (Lipinski definition) is 3. The van der Waals surface area contributed by atoms with Crippen LogP contribution in [0.15, 0.2) is 0 Å². The Hall–Kier alpha value is 0.260. The van der Waals surface area contributed by atoms with Crippen LogP contribution in [0.2, 0.25) is 0 Å². The molecule has 0 aromatic heterocycles. The average Bonchev–Trinajstić information content (AvgIpc) is 2.65. The van der Waals surface area contributed by atoms with Crippen molar-refractivity contribution >= 4 is 21.8 Å². The summed E-state index contributed by atoms with van der Waals surface area (Å²) < 4.78 is 26.3. The van der Waals surface area contributed by atoms with Crippen molar-refractivity contribution in [2.45, 2.75) is 56.7 Å². The highest BCUT2D eigenvalue weighted by molar-refractivity contribution is 7.99. The number of thioether (sulfide) groups is 1. The molecule has 0 saturated heterocycles. The Labute approximate surface area is 104 Å². The Kier molecular flexibility index (Phi) is 6.15. The molecule has 0 bridgehead atoms. The van der Waals surface area contributed by atoms with Crippen molar-refractivity contribution in [2.75, 3.05) is 12.0 Å². The monoisotopic (exact) mass is 265 g/mol. The van der Waals surface area contributed by atoms with Crippen LogP contribution in [-0.4, -0.2) is 31.7 Å². The first-order chi connectivity index (χ1) is 7.57. The molecule has 16 heavy (non-hydrogen) atoms. The first-order valence-corrected chi connectivity index (χ1v) is 9.04. The molecule has 5 heteroatoms. The van der Waals surface area contributed by atoms with Crippen LogP contribution in [0.25, 0.3) is 0 Å². The third kappa shape index (κ3) is 5.06. The summed E-state index contributed by atoms with van der Waals surface area (Å²) in [6.07, 6.45) is 8.08. The number of nitrogens with one attached hydrogen (secondary N) is 1. The maximum Gasteiger partial charge on any atom is 0.211 e. The normalized spacial score (nSPS) is 26.1. The van der Waals surface area contributed by atoms with E-state index in [4.69, 9.17) is 0 Å². The Morgan fingerprint density at radius 1 is 1.31 bits per heavy atom. The minimum absolute atomic E-state index is 0.184. The van der Waals surface area contributed by atoms with Crippen molar-refractivity contribution in [3.63, 3.8) is 0 Å². The molecule has 1 N–H and O–H groups in total. The summed E-state index contributed by atoms with van der Waals surface area (Å²) in [5, 5.41) is 0.642. The molecule has 2 atom stereocenters. The summed E-state index contributed by atoms with van der Waals surface area (Å²) in [4.78, 5) is 0. The second-order valence-electron chi connectivity index (χ2n) is 4.51. The van der Waals surface area contributed by atoms with Gasteiger partial charge in [0.05, 0.1) is 5.75 Å². The summed E-state index contributed by atoms with van der Waals surface area (Å²) in [6.45, 7) is 2.08. The highest BCUT2D eigenvalue weighted by atomic mass is 32.2. The molecule has 96 valence electrons. The van der Waals surface area contributed by atoms with Crippen molar-refractivity contribution in [2.24, 2.45) is 0 Å². The van der Waals surface area contributed by atoms with Crippen LogP contribution >= 0.6 is 11.8 Å². The van der Waals surface area contributed by atoms with E-state index >= 15 is 0 Å². The van der Waals surface area contributed by atoms with Crippen LogP contribution in [0.5, 0.6) is 0 Å². The second-order valence-corrected chi connectivity index (χ2v) is 7.52. The molecule has 0 unspecified atom stereocenters. The van der Waals surface area contributed by atoms with Gasteiger partial charge in [0.15, 0.2) is 0 Å². The SMILES string of the molecule is CCCCCS(=O)(=O)N[C@@H]1CC[C@@H](SC)C1. The summed E-state index contributed by atoms with van der Waals surface area (Å²) >= 11 is 1.85. The van der Waals surface area contributed by atoms with Gasteiger partial charge in [0, 0.05) is 11.3 Å². The highest BCUT2D eigenvalue weighted by Gasteiger charge is 2.27. The smallest absolute Gasteiger partial charge is 0.211 e. The van der Waals surface area contributed by atoms with E-state index < -0.39 is 10.0 Å². The molecule has 1 rings (SSSR count). The van der Waals surface area contributed by atoms with Gasteiger partial charge >= 0.3 is 0 Å². The molecule has 0 aromatic carbocycles. The van der Waals surface area contributed by atoms with Crippen LogP contribution in [0.3, 0.4) is 0 Å². The van der Waals surface area contributed by atoms with Crippen molar-refractivity contribution in [1.29, 1.82) is 0 Å². The Morgan fingerprint density at radius 2 is 2.06 bits per heavy atom. The van der Waals surface area contributed by atoms with E-state index in [9.17, 15) is 8.42 Å². The predicted molar refractivity (Wildman–Crippen MR) is 71.4 cm³/mol. The maximum absolute atomic E-state index is 11.7. The molecule has 1 aliphatic rings. The van der Waals surface area contributed by atoms with Crippen molar-refractivity contribution < 1.29 is 8.42 Å². The summed E-state index contributed by atoms with van der Waals surface area (Å²) in [6, 6.07) is 0.184. The largest absolute Gasteiger partial charge is 0.212 e. The van der Waals surface area contributed by atoms with Gasteiger partial charge in [0.2, 0.25) is 10.0 Å². The molecule has 1 aliphatic carbocycles. The lowest BCUT2D eigenvalue weighted by Crippen LogP contribution is -2.34. The quantitative estimate of drug-likeness (QED) is 0.719. The van der Waals surface area contributed by atoms with Gasteiger partial charge < -0.3 is 0 Å². The zero-order valence-electron chi connectivity index (χ0n) is 10.2. The van der Waals surface area contributed by atoms with Crippen LogP contribution in [-0.2, 0) is 10.0 Å². The zero-order valence-corrected chi connectivity index (χ0v) is 11.9. The Bertz CT molecular complexity index is 290. The van der Waals surface area contributed by atoms with E-state index in [0.29, 0.717) is 11.0 Å². The summed E-state index contributed by atoms with van der Waals surface area (Å²) in [7, 11) is -3.03. The molecule has 0 amide bonds. The van der Waals surface area contributed by atoms with E-state index in [-0.39, 0.29) is 6.04 Å². The van der Waals surface area contributed by atoms with Crippen LogP contribution in [0.4, 0.5) is 0 Å². The van der Waals surface area contributed by atoms with Crippen molar-refractivity contribution in [3.8, 4) is 0 Å². The zero-order chi connectivity index (χ0) is 12.0. The minimum Gasteiger partial charge on any atom is -0.212 e. The fourth-order valence-corrected chi connectivity index (χ4v) is 4.34. The number of hydrogen-bond donors (Lipinski definition) is 1. The molecule has 1 saturated carbocycles. The summed E-state index contributed by atoms with van der Waals surface area (Å²) in [5.74, 6) is 0.293. The Balaban J connectivity index is 2.30. The lowest BCUT2D eigenvalue weighted by Gasteiger charge is -2.13. The fraction of sp³-hybridized carbons (Fsp3) is 1.00. The molecule has 3 nitrogen and oxygen atoms in total. The lowest BCUT2D eigenvalue weighted by molar-refractivity contribution is 0.549.